The van der Waals surface area contributed by atoms with E-state index in [1.54, 1.807) is 0 Å². The highest BCUT2D eigenvalue weighted by molar-refractivity contribution is 9.09. The molecule has 8 heavy (non-hydrogen) atoms. The summed E-state index contributed by atoms with van der Waals surface area (Å²) in [6, 6.07) is 0. The van der Waals surface area contributed by atoms with Crippen LogP contribution >= 0.6 is 15.9 Å². The fourth-order valence-corrected chi connectivity index (χ4v) is 1.21. The molecule has 2 atom stereocenters. The van der Waals surface area contributed by atoms with E-state index < -0.39 is 12.1 Å². The van der Waals surface area contributed by atoms with Gasteiger partial charge in [-0.1, -0.05) is 15.9 Å². The minimum atomic E-state index is -3.96. The van der Waals surface area contributed by atoms with Crippen LogP contribution in [0.15, 0.2) is 0 Å². The second kappa shape index (κ2) is 1.62. The number of hydrogen-bond acceptors (Lipinski definition) is 0. The number of rotatable bonds is 0. The molecule has 1 fully saturated rings. The first kappa shape index (κ1) is 6.39. The van der Waals surface area contributed by atoms with Crippen molar-refractivity contribution in [1.29, 1.82) is 0 Å². The molecule has 0 spiro atoms. The number of alkyl halides is 4. The van der Waals surface area contributed by atoms with Gasteiger partial charge in [0.15, 0.2) is 0 Å². The third-order valence-corrected chi connectivity index (χ3v) is 2.14. The van der Waals surface area contributed by atoms with E-state index in [1.807, 2.05) is 0 Å². The second-order valence-corrected chi connectivity index (χ2v) is 3.08. The van der Waals surface area contributed by atoms with Gasteiger partial charge in [0.25, 0.3) is 0 Å². The van der Waals surface area contributed by atoms with E-state index in [0.717, 1.165) is 0 Å². The van der Waals surface area contributed by atoms with Crippen molar-refractivity contribution in [2.45, 2.75) is 17.4 Å². The summed E-state index contributed by atoms with van der Waals surface area (Å²) >= 11 is 2.86. The monoisotopic (exact) mass is 188 g/mol. The first-order chi connectivity index (χ1) is 3.52. The van der Waals surface area contributed by atoms with Gasteiger partial charge in [0.05, 0.1) is 5.92 Å². The molecule has 0 aromatic rings. The van der Waals surface area contributed by atoms with Crippen LogP contribution in [-0.2, 0) is 0 Å². The van der Waals surface area contributed by atoms with Crippen molar-refractivity contribution >= 4 is 15.9 Å². The standard InChI is InChI=1S/C4H4BrF3/c5-3-1-2(3)4(6,7)8/h2-3H,1H2/t2-,3-/m1/s1. The Hall–Kier alpha value is 0.270. The maximum Gasteiger partial charge on any atom is 0.392 e. The van der Waals surface area contributed by atoms with Gasteiger partial charge in [0, 0.05) is 4.83 Å². The lowest BCUT2D eigenvalue weighted by molar-refractivity contribution is -0.146. The molecule has 1 saturated carbocycles. The summed E-state index contributed by atoms with van der Waals surface area (Å²) in [5.74, 6) is -1.07. The van der Waals surface area contributed by atoms with E-state index in [1.165, 1.54) is 0 Å². The van der Waals surface area contributed by atoms with Crippen LogP contribution in [-0.4, -0.2) is 11.0 Å². The molecule has 0 unspecified atom stereocenters. The van der Waals surface area contributed by atoms with Crippen LogP contribution in [0.4, 0.5) is 13.2 Å². The van der Waals surface area contributed by atoms with E-state index in [0.29, 0.717) is 0 Å². The molecule has 0 amide bonds. The predicted molar refractivity (Wildman–Crippen MR) is 26.9 cm³/mol. The lowest BCUT2D eigenvalue weighted by Crippen LogP contribution is -2.11. The van der Waals surface area contributed by atoms with Crippen LogP contribution in [0.3, 0.4) is 0 Å². The summed E-state index contributed by atoms with van der Waals surface area (Å²) in [6.45, 7) is 0. The van der Waals surface area contributed by atoms with Crippen molar-refractivity contribution < 1.29 is 13.2 Å². The van der Waals surface area contributed by atoms with Crippen LogP contribution in [0.1, 0.15) is 6.42 Å². The third kappa shape index (κ3) is 1.16. The van der Waals surface area contributed by atoms with Gasteiger partial charge >= 0.3 is 6.18 Å². The zero-order valence-corrected chi connectivity index (χ0v) is 5.46. The highest BCUT2D eigenvalue weighted by atomic mass is 79.9. The van der Waals surface area contributed by atoms with Gasteiger partial charge in [-0.25, -0.2) is 0 Å². The summed E-state index contributed by atoms with van der Waals surface area (Å²) < 4.78 is 34.4. The van der Waals surface area contributed by atoms with Gasteiger partial charge in [-0.15, -0.1) is 0 Å². The predicted octanol–water partition coefficient (Wildman–Crippen LogP) is 2.33. The molecule has 0 aromatic heterocycles. The smallest absolute Gasteiger partial charge is 0.171 e. The molecule has 1 aliphatic carbocycles. The Kier molecular flexibility index (Phi) is 1.30. The molecule has 4 heteroatoms. The van der Waals surface area contributed by atoms with E-state index in [9.17, 15) is 13.2 Å². The minimum absolute atomic E-state index is 0.253. The van der Waals surface area contributed by atoms with Gasteiger partial charge in [-0.05, 0) is 6.42 Å². The molecule has 1 rings (SSSR count). The van der Waals surface area contributed by atoms with Gasteiger partial charge in [0.2, 0.25) is 0 Å². The molecule has 0 radical (unpaired) electrons. The lowest BCUT2D eigenvalue weighted by atomic mass is 10.4. The molecule has 1 aliphatic rings. The van der Waals surface area contributed by atoms with E-state index in [-0.39, 0.29) is 11.2 Å². The molecule has 0 bridgehead atoms. The van der Waals surface area contributed by atoms with Crippen molar-refractivity contribution in [3.05, 3.63) is 0 Å². The first-order valence-corrected chi connectivity index (χ1v) is 3.14. The normalized spacial score (nSPS) is 37.5. The number of halogens is 4. The average Bonchev–Trinajstić information content (AvgIpc) is 2.13. The second-order valence-electron chi connectivity index (χ2n) is 1.90. The molecule has 0 nitrogen and oxygen atoms in total. The van der Waals surface area contributed by atoms with E-state index >= 15 is 0 Å². The molecule has 0 saturated heterocycles. The largest absolute Gasteiger partial charge is 0.392 e. The summed E-state index contributed by atoms with van der Waals surface area (Å²) in [7, 11) is 0. The van der Waals surface area contributed by atoms with Gasteiger partial charge in [-0.2, -0.15) is 13.2 Å². The van der Waals surface area contributed by atoms with Crippen LogP contribution in [0.5, 0.6) is 0 Å². The fourth-order valence-electron chi connectivity index (χ4n) is 0.503. The summed E-state index contributed by atoms with van der Waals surface area (Å²) in [5, 5.41) is 0. The molecular formula is C4H4BrF3. The molecule has 0 aromatic carbocycles. The van der Waals surface area contributed by atoms with Crippen LogP contribution in [0, 0.1) is 5.92 Å². The zero-order chi connectivity index (χ0) is 6.36. The SMILES string of the molecule is FC(F)(F)[C@@H]1C[C@H]1Br. The van der Waals surface area contributed by atoms with Crippen LogP contribution < -0.4 is 0 Å². The summed E-state index contributed by atoms with van der Waals surface area (Å²) in [6.07, 6.45) is -3.71. The lowest BCUT2D eigenvalue weighted by Gasteiger charge is -2.00. The Bertz CT molecular complexity index is 97.9. The Balaban J connectivity index is 2.39. The Morgan fingerprint density at radius 3 is 1.75 bits per heavy atom. The van der Waals surface area contributed by atoms with Crippen molar-refractivity contribution in [3.8, 4) is 0 Å². The Morgan fingerprint density at radius 1 is 1.38 bits per heavy atom. The summed E-state index contributed by atoms with van der Waals surface area (Å²) in [4.78, 5) is -0.303. The average molecular weight is 189 g/mol. The topological polar surface area (TPSA) is 0 Å². The maximum absolute atomic E-state index is 11.5. The molecule has 0 heterocycles. The van der Waals surface area contributed by atoms with E-state index in [2.05, 4.69) is 15.9 Å². The van der Waals surface area contributed by atoms with Crippen molar-refractivity contribution in [3.63, 3.8) is 0 Å². The highest BCUT2D eigenvalue weighted by Crippen LogP contribution is 2.48. The molecule has 0 aliphatic heterocycles. The highest BCUT2D eigenvalue weighted by Gasteiger charge is 2.54. The van der Waals surface area contributed by atoms with E-state index in [4.69, 9.17) is 0 Å². The molecule has 0 N–H and O–H groups in total. The van der Waals surface area contributed by atoms with Crippen molar-refractivity contribution in [2.75, 3.05) is 0 Å². The first-order valence-electron chi connectivity index (χ1n) is 2.22. The fraction of sp³-hybridized carbons (Fsp3) is 1.00. The van der Waals surface area contributed by atoms with Gasteiger partial charge in [-0.3, -0.25) is 0 Å². The van der Waals surface area contributed by atoms with Crippen LogP contribution in [0.2, 0.25) is 0 Å². The van der Waals surface area contributed by atoms with Gasteiger partial charge in [0.1, 0.15) is 0 Å². The third-order valence-electron chi connectivity index (χ3n) is 1.13. The van der Waals surface area contributed by atoms with Gasteiger partial charge < -0.3 is 0 Å². The van der Waals surface area contributed by atoms with Crippen molar-refractivity contribution in [1.82, 2.24) is 0 Å². The molecular weight excluding hydrogens is 185 g/mol. The van der Waals surface area contributed by atoms with Crippen LogP contribution in [0.25, 0.3) is 0 Å². The minimum Gasteiger partial charge on any atom is -0.171 e. The van der Waals surface area contributed by atoms with Crippen molar-refractivity contribution in [2.24, 2.45) is 5.92 Å². The quantitative estimate of drug-likeness (QED) is 0.513. The number of hydrogen-bond donors (Lipinski definition) is 0. The molecule has 48 valence electrons. The summed E-state index contributed by atoms with van der Waals surface area (Å²) in [5.41, 5.74) is 0. The zero-order valence-electron chi connectivity index (χ0n) is 3.87. The Labute approximate surface area is 53.2 Å². The maximum atomic E-state index is 11.5. The Morgan fingerprint density at radius 2 is 1.75 bits per heavy atom.